The van der Waals surface area contributed by atoms with Crippen LogP contribution in [0.15, 0.2) is 54.6 Å². The van der Waals surface area contributed by atoms with Crippen LogP contribution in [-0.4, -0.2) is 35.6 Å². The van der Waals surface area contributed by atoms with Crippen molar-refractivity contribution in [1.82, 2.24) is 4.90 Å². The minimum atomic E-state index is -0.0227. The molecule has 0 unspecified atom stereocenters. The number of carbonyl (C=O) groups is 1. The molecule has 2 rings (SSSR count). The van der Waals surface area contributed by atoms with E-state index >= 15 is 0 Å². The topological polar surface area (TPSA) is 40.5 Å². The van der Waals surface area contributed by atoms with Crippen LogP contribution in [0, 0.1) is 0 Å². The highest BCUT2D eigenvalue weighted by molar-refractivity contribution is 5.94. The van der Waals surface area contributed by atoms with Crippen LogP contribution in [0.2, 0.25) is 0 Å². The molecule has 0 saturated heterocycles. The lowest BCUT2D eigenvalue weighted by atomic mass is 10.0. The smallest absolute Gasteiger partial charge is 0.253 e. The Labute approximate surface area is 125 Å². The summed E-state index contributed by atoms with van der Waals surface area (Å²) in [6.45, 7) is 3.07. The van der Waals surface area contributed by atoms with Gasteiger partial charge < -0.3 is 10.0 Å². The van der Waals surface area contributed by atoms with Gasteiger partial charge in [-0.15, -0.1) is 0 Å². The van der Waals surface area contributed by atoms with Gasteiger partial charge in [-0.1, -0.05) is 49.4 Å². The summed E-state index contributed by atoms with van der Waals surface area (Å²) in [6.07, 6.45) is 0.883. The summed E-state index contributed by atoms with van der Waals surface area (Å²) in [4.78, 5) is 14.1. The lowest BCUT2D eigenvalue weighted by molar-refractivity contribution is 0.0722. The van der Waals surface area contributed by atoms with E-state index in [-0.39, 0.29) is 12.5 Å². The maximum Gasteiger partial charge on any atom is 0.253 e. The molecular formula is C18H21NO2. The monoisotopic (exact) mass is 283 g/mol. The average molecular weight is 283 g/mol. The molecule has 2 aromatic carbocycles. The summed E-state index contributed by atoms with van der Waals surface area (Å²) in [5.74, 6) is -0.0227. The summed E-state index contributed by atoms with van der Waals surface area (Å²) in [6, 6.07) is 17.7. The van der Waals surface area contributed by atoms with Crippen molar-refractivity contribution < 1.29 is 9.90 Å². The highest BCUT2D eigenvalue weighted by Crippen LogP contribution is 2.19. The number of amides is 1. The third kappa shape index (κ3) is 3.92. The van der Waals surface area contributed by atoms with Crippen molar-refractivity contribution in [2.75, 3.05) is 19.7 Å². The molecule has 21 heavy (non-hydrogen) atoms. The third-order valence-corrected chi connectivity index (χ3v) is 3.39. The maximum absolute atomic E-state index is 12.4. The summed E-state index contributed by atoms with van der Waals surface area (Å²) >= 11 is 0. The van der Waals surface area contributed by atoms with E-state index in [2.05, 4.69) is 0 Å². The van der Waals surface area contributed by atoms with Gasteiger partial charge in [0, 0.05) is 18.7 Å². The normalized spacial score (nSPS) is 10.4. The lowest BCUT2D eigenvalue weighted by Crippen LogP contribution is -2.34. The predicted molar refractivity (Wildman–Crippen MR) is 85.2 cm³/mol. The van der Waals surface area contributed by atoms with E-state index in [4.69, 9.17) is 5.11 Å². The standard InChI is InChI=1S/C18H21NO2/c1-2-12-19(13-14-20)18(21)17-10-8-16(9-11-17)15-6-4-3-5-7-15/h3-11,20H,2,12-14H2,1H3. The van der Waals surface area contributed by atoms with Crippen LogP contribution < -0.4 is 0 Å². The van der Waals surface area contributed by atoms with Crippen LogP contribution >= 0.6 is 0 Å². The molecule has 0 aliphatic rings. The number of aliphatic hydroxyl groups excluding tert-OH is 1. The van der Waals surface area contributed by atoms with Crippen LogP contribution in [-0.2, 0) is 0 Å². The van der Waals surface area contributed by atoms with Gasteiger partial charge in [-0.2, -0.15) is 0 Å². The zero-order chi connectivity index (χ0) is 15.1. The fourth-order valence-electron chi connectivity index (χ4n) is 2.32. The van der Waals surface area contributed by atoms with Gasteiger partial charge in [-0.05, 0) is 29.7 Å². The van der Waals surface area contributed by atoms with Crippen LogP contribution in [0.25, 0.3) is 11.1 Å². The third-order valence-electron chi connectivity index (χ3n) is 3.39. The van der Waals surface area contributed by atoms with E-state index in [0.717, 1.165) is 17.5 Å². The fourth-order valence-corrected chi connectivity index (χ4v) is 2.32. The largest absolute Gasteiger partial charge is 0.395 e. The van der Waals surface area contributed by atoms with Crippen molar-refractivity contribution in [3.05, 3.63) is 60.2 Å². The van der Waals surface area contributed by atoms with Gasteiger partial charge >= 0.3 is 0 Å². The van der Waals surface area contributed by atoms with Gasteiger partial charge in [-0.3, -0.25) is 4.79 Å². The number of carbonyl (C=O) groups excluding carboxylic acids is 1. The molecule has 0 radical (unpaired) electrons. The van der Waals surface area contributed by atoms with E-state index < -0.39 is 0 Å². The molecule has 2 aromatic rings. The summed E-state index contributed by atoms with van der Waals surface area (Å²) in [7, 11) is 0. The van der Waals surface area contributed by atoms with Crippen LogP contribution in [0.3, 0.4) is 0 Å². The van der Waals surface area contributed by atoms with E-state index in [1.807, 2.05) is 61.5 Å². The first kappa shape index (κ1) is 15.3. The second-order valence-electron chi connectivity index (χ2n) is 4.96. The van der Waals surface area contributed by atoms with Gasteiger partial charge in [0.2, 0.25) is 0 Å². The Balaban J connectivity index is 2.16. The van der Waals surface area contributed by atoms with Gasteiger partial charge in [0.25, 0.3) is 5.91 Å². The molecule has 0 aliphatic heterocycles. The first-order valence-corrected chi connectivity index (χ1v) is 7.32. The molecule has 0 aromatic heterocycles. The van der Waals surface area contributed by atoms with E-state index in [0.29, 0.717) is 18.7 Å². The number of benzene rings is 2. The molecule has 0 aliphatic carbocycles. The zero-order valence-corrected chi connectivity index (χ0v) is 12.3. The van der Waals surface area contributed by atoms with Crippen LogP contribution in [0.4, 0.5) is 0 Å². The minimum Gasteiger partial charge on any atom is -0.395 e. The van der Waals surface area contributed by atoms with Crippen LogP contribution in [0.5, 0.6) is 0 Å². The molecule has 0 bridgehead atoms. The van der Waals surface area contributed by atoms with Gasteiger partial charge in [0.15, 0.2) is 0 Å². The van der Waals surface area contributed by atoms with Gasteiger partial charge in [0.05, 0.1) is 6.61 Å². The fraction of sp³-hybridized carbons (Fsp3) is 0.278. The van der Waals surface area contributed by atoms with Crippen LogP contribution in [0.1, 0.15) is 23.7 Å². The van der Waals surface area contributed by atoms with Crippen molar-refractivity contribution in [3.8, 4) is 11.1 Å². The second-order valence-corrected chi connectivity index (χ2v) is 4.96. The zero-order valence-electron chi connectivity index (χ0n) is 12.3. The Morgan fingerprint density at radius 3 is 2.14 bits per heavy atom. The Morgan fingerprint density at radius 1 is 0.952 bits per heavy atom. The molecule has 3 nitrogen and oxygen atoms in total. The molecule has 0 saturated carbocycles. The highest BCUT2D eigenvalue weighted by Gasteiger charge is 2.14. The van der Waals surface area contributed by atoms with Crippen molar-refractivity contribution in [3.63, 3.8) is 0 Å². The molecular weight excluding hydrogens is 262 g/mol. The number of nitrogens with zero attached hydrogens (tertiary/aromatic N) is 1. The van der Waals surface area contributed by atoms with Crippen molar-refractivity contribution in [1.29, 1.82) is 0 Å². The van der Waals surface area contributed by atoms with Gasteiger partial charge in [-0.25, -0.2) is 0 Å². The maximum atomic E-state index is 12.4. The van der Waals surface area contributed by atoms with E-state index in [1.54, 1.807) is 4.90 Å². The first-order chi connectivity index (χ1) is 10.3. The summed E-state index contributed by atoms with van der Waals surface area (Å²) in [5, 5.41) is 9.06. The summed E-state index contributed by atoms with van der Waals surface area (Å²) in [5.41, 5.74) is 2.89. The highest BCUT2D eigenvalue weighted by atomic mass is 16.3. The first-order valence-electron chi connectivity index (χ1n) is 7.32. The molecule has 0 atom stereocenters. The second kappa shape index (κ2) is 7.60. The molecule has 3 heteroatoms. The molecule has 1 amide bonds. The quantitative estimate of drug-likeness (QED) is 0.884. The molecule has 110 valence electrons. The Kier molecular flexibility index (Phi) is 5.52. The van der Waals surface area contributed by atoms with Crippen molar-refractivity contribution in [2.24, 2.45) is 0 Å². The number of hydrogen-bond acceptors (Lipinski definition) is 2. The lowest BCUT2D eigenvalue weighted by Gasteiger charge is -2.21. The van der Waals surface area contributed by atoms with Crippen molar-refractivity contribution in [2.45, 2.75) is 13.3 Å². The predicted octanol–water partition coefficient (Wildman–Crippen LogP) is 3.20. The number of aliphatic hydroxyl groups is 1. The molecule has 0 heterocycles. The number of hydrogen-bond donors (Lipinski definition) is 1. The van der Waals surface area contributed by atoms with E-state index in [9.17, 15) is 4.79 Å². The van der Waals surface area contributed by atoms with E-state index in [1.165, 1.54) is 0 Å². The molecule has 1 N–H and O–H groups in total. The Bertz CT molecular complexity index is 558. The SMILES string of the molecule is CCCN(CCO)C(=O)c1ccc(-c2ccccc2)cc1. The summed E-state index contributed by atoms with van der Waals surface area (Å²) < 4.78 is 0. The Morgan fingerprint density at radius 2 is 1.57 bits per heavy atom. The average Bonchev–Trinajstić information content (AvgIpc) is 2.55. The number of rotatable bonds is 6. The Hall–Kier alpha value is -2.13. The van der Waals surface area contributed by atoms with Gasteiger partial charge in [0.1, 0.15) is 0 Å². The van der Waals surface area contributed by atoms with Crippen molar-refractivity contribution >= 4 is 5.91 Å². The minimum absolute atomic E-state index is 0.00611. The molecule has 0 spiro atoms. The molecule has 0 fully saturated rings.